The average Bonchev–Trinajstić information content (AvgIpc) is 2.28. The lowest BCUT2D eigenvalue weighted by atomic mass is 10.1. The summed E-state index contributed by atoms with van der Waals surface area (Å²) >= 11 is 0. The molecule has 0 aromatic heterocycles. The Morgan fingerprint density at radius 3 is 3.17 bits per heavy atom. The number of likely N-dealkylation sites (N-methyl/N-ethyl adjacent to an activating group) is 1. The van der Waals surface area contributed by atoms with E-state index in [1.165, 1.54) is 12.1 Å². The van der Waals surface area contributed by atoms with Gasteiger partial charge in [-0.2, -0.15) is 0 Å². The van der Waals surface area contributed by atoms with Gasteiger partial charge in [0.25, 0.3) is 0 Å². The van der Waals surface area contributed by atoms with Crippen molar-refractivity contribution in [3.05, 3.63) is 30.1 Å². The number of nitrogens with zero attached hydrogens (tertiary/aromatic N) is 1. The van der Waals surface area contributed by atoms with Crippen LogP contribution in [0.3, 0.4) is 0 Å². The maximum Gasteiger partial charge on any atom is 0.225 e. The number of amides is 1. The number of benzene rings is 1. The van der Waals surface area contributed by atoms with Crippen LogP contribution >= 0.6 is 0 Å². The first-order valence-corrected chi connectivity index (χ1v) is 6.11. The molecule has 2 N–H and O–H groups in total. The van der Waals surface area contributed by atoms with E-state index in [0.29, 0.717) is 12.1 Å². The van der Waals surface area contributed by atoms with Crippen molar-refractivity contribution < 1.29 is 9.18 Å². The third-order valence-electron chi connectivity index (χ3n) is 3.00. The highest BCUT2D eigenvalue weighted by Gasteiger charge is 2.19. The van der Waals surface area contributed by atoms with Crippen molar-refractivity contribution in [1.82, 2.24) is 10.2 Å². The van der Waals surface area contributed by atoms with Gasteiger partial charge in [0.2, 0.25) is 5.91 Å². The van der Waals surface area contributed by atoms with Crippen LogP contribution in [-0.2, 0) is 4.79 Å². The van der Waals surface area contributed by atoms with E-state index in [4.69, 9.17) is 0 Å². The standard InChI is InChI=1S/C13H18FN3O/c1-17-6-5-15-12(9-17)8-13(18)16-11-4-2-3-10(14)7-11/h2-4,7,12,15H,5-6,8-9H2,1H3,(H,16,18). The molecule has 1 aromatic rings. The zero-order valence-corrected chi connectivity index (χ0v) is 10.4. The molecule has 1 aliphatic heterocycles. The zero-order valence-electron chi connectivity index (χ0n) is 10.4. The Morgan fingerprint density at radius 2 is 2.44 bits per heavy atom. The molecule has 0 bridgehead atoms. The number of rotatable bonds is 3. The van der Waals surface area contributed by atoms with Crippen LogP contribution < -0.4 is 10.6 Å². The van der Waals surface area contributed by atoms with Gasteiger partial charge in [0.1, 0.15) is 5.82 Å². The monoisotopic (exact) mass is 251 g/mol. The first kappa shape index (κ1) is 13.0. The van der Waals surface area contributed by atoms with Gasteiger partial charge in [0.05, 0.1) is 0 Å². The molecular weight excluding hydrogens is 233 g/mol. The molecule has 1 heterocycles. The molecule has 1 saturated heterocycles. The third kappa shape index (κ3) is 3.78. The number of hydrogen-bond acceptors (Lipinski definition) is 3. The summed E-state index contributed by atoms with van der Waals surface area (Å²) in [4.78, 5) is 14.0. The zero-order chi connectivity index (χ0) is 13.0. The minimum Gasteiger partial charge on any atom is -0.326 e. The fourth-order valence-corrected chi connectivity index (χ4v) is 2.13. The van der Waals surface area contributed by atoms with Crippen molar-refractivity contribution in [2.24, 2.45) is 0 Å². The molecule has 1 fully saturated rings. The summed E-state index contributed by atoms with van der Waals surface area (Å²) in [5.74, 6) is -0.434. The van der Waals surface area contributed by atoms with Gasteiger partial charge in [-0.05, 0) is 25.2 Å². The summed E-state index contributed by atoms with van der Waals surface area (Å²) in [6.45, 7) is 2.76. The minimum atomic E-state index is -0.344. The second kappa shape index (κ2) is 5.93. The fraction of sp³-hybridized carbons (Fsp3) is 0.462. The Hall–Kier alpha value is -1.46. The number of carbonyl (C=O) groups is 1. The van der Waals surface area contributed by atoms with E-state index in [9.17, 15) is 9.18 Å². The predicted molar refractivity (Wildman–Crippen MR) is 68.9 cm³/mol. The fourth-order valence-electron chi connectivity index (χ4n) is 2.13. The highest BCUT2D eigenvalue weighted by Crippen LogP contribution is 2.10. The molecule has 5 heteroatoms. The van der Waals surface area contributed by atoms with E-state index in [1.807, 2.05) is 7.05 Å². The quantitative estimate of drug-likeness (QED) is 0.844. The minimum absolute atomic E-state index is 0.0894. The van der Waals surface area contributed by atoms with Crippen LogP contribution in [0.25, 0.3) is 0 Å². The number of carbonyl (C=O) groups excluding carboxylic acids is 1. The SMILES string of the molecule is CN1CCNC(CC(=O)Nc2cccc(F)c2)C1. The van der Waals surface area contributed by atoms with E-state index in [0.717, 1.165) is 19.6 Å². The van der Waals surface area contributed by atoms with Gasteiger partial charge >= 0.3 is 0 Å². The number of piperazine rings is 1. The summed E-state index contributed by atoms with van der Waals surface area (Å²) in [6.07, 6.45) is 0.404. The van der Waals surface area contributed by atoms with Crippen LogP contribution in [-0.4, -0.2) is 43.5 Å². The van der Waals surface area contributed by atoms with Crippen molar-refractivity contribution in [2.75, 3.05) is 32.0 Å². The van der Waals surface area contributed by atoms with Crippen LogP contribution in [0.15, 0.2) is 24.3 Å². The Balaban J connectivity index is 1.85. The van der Waals surface area contributed by atoms with Gasteiger partial charge < -0.3 is 15.5 Å². The summed E-state index contributed by atoms with van der Waals surface area (Å²) in [5.41, 5.74) is 0.504. The van der Waals surface area contributed by atoms with Crippen molar-refractivity contribution >= 4 is 11.6 Å². The number of nitrogens with one attached hydrogen (secondary N) is 2. The van der Waals surface area contributed by atoms with Gasteiger partial charge in [-0.1, -0.05) is 6.07 Å². The molecule has 0 radical (unpaired) electrons. The van der Waals surface area contributed by atoms with Crippen LogP contribution in [0.2, 0.25) is 0 Å². The first-order chi connectivity index (χ1) is 8.63. The largest absolute Gasteiger partial charge is 0.326 e. The molecule has 1 aromatic carbocycles. The van der Waals surface area contributed by atoms with E-state index < -0.39 is 0 Å². The molecule has 0 spiro atoms. The highest BCUT2D eigenvalue weighted by molar-refractivity contribution is 5.91. The summed E-state index contributed by atoms with van der Waals surface area (Å²) in [6, 6.07) is 6.10. The van der Waals surface area contributed by atoms with Crippen LogP contribution in [0.4, 0.5) is 10.1 Å². The molecular formula is C13H18FN3O. The van der Waals surface area contributed by atoms with E-state index in [1.54, 1.807) is 12.1 Å². The molecule has 98 valence electrons. The van der Waals surface area contributed by atoms with Crippen molar-refractivity contribution in [1.29, 1.82) is 0 Å². The Kier molecular flexibility index (Phi) is 4.28. The number of anilines is 1. The Bertz CT molecular complexity index is 424. The van der Waals surface area contributed by atoms with E-state index in [2.05, 4.69) is 15.5 Å². The molecule has 1 amide bonds. The summed E-state index contributed by atoms with van der Waals surface area (Å²) in [7, 11) is 2.04. The molecule has 1 atom stereocenters. The van der Waals surface area contributed by atoms with E-state index in [-0.39, 0.29) is 17.8 Å². The van der Waals surface area contributed by atoms with Gasteiger partial charge in [-0.3, -0.25) is 4.79 Å². The molecule has 18 heavy (non-hydrogen) atoms. The molecule has 1 unspecified atom stereocenters. The lowest BCUT2D eigenvalue weighted by molar-refractivity contribution is -0.116. The lowest BCUT2D eigenvalue weighted by Crippen LogP contribution is -2.50. The van der Waals surface area contributed by atoms with Gasteiger partial charge in [0.15, 0.2) is 0 Å². The second-order valence-electron chi connectivity index (χ2n) is 4.68. The van der Waals surface area contributed by atoms with Crippen LogP contribution in [0.1, 0.15) is 6.42 Å². The average molecular weight is 251 g/mol. The number of hydrogen-bond donors (Lipinski definition) is 2. The normalized spacial score (nSPS) is 20.7. The first-order valence-electron chi connectivity index (χ1n) is 6.11. The maximum absolute atomic E-state index is 13.0. The maximum atomic E-state index is 13.0. The summed E-state index contributed by atoms with van der Waals surface area (Å²) < 4.78 is 13.0. The Morgan fingerprint density at radius 1 is 1.61 bits per heavy atom. The molecule has 0 saturated carbocycles. The van der Waals surface area contributed by atoms with Gasteiger partial charge in [-0.15, -0.1) is 0 Å². The molecule has 1 aliphatic rings. The topological polar surface area (TPSA) is 44.4 Å². The Labute approximate surface area is 106 Å². The molecule has 4 nitrogen and oxygen atoms in total. The van der Waals surface area contributed by atoms with Gasteiger partial charge in [0, 0.05) is 37.8 Å². The second-order valence-corrected chi connectivity index (χ2v) is 4.68. The van der Waals surface area contributed by atoms with Crippen molar-refractivity contribution in [3.63, 3.8) is 0 Å². The molecule has 2 rings (SSSR count). The summed E-state index contributed by atoms with van der Waals surface area (Å²) in [5, 5.41) is 6.01. The smallest absolute Gasteiger partial charge is 0.225 e. The van der Waals surface area contributed by atoms with Crippen LogP contribution in [0.5, 0.6) is 0 Å². The molecule has 0 aliphatic carbocycles. The highest BCUT2D eigenvalue weighted by atomic mass is 19.1. The third-order valence-corrected chi connectivity index (χ3v) is 3.00. The van der Waals surface area contributed by atoms with Crippen LogP contribution in [0, 0.1) is 5.82 Å². The lowest BCUT2D eigenvalue weighted by Gasteiger charge is -2.30. The number of halogens is 1. The van der Waals surface area contributed by atoms with Crippen molar-refractivity contribution in [2.45, 2.75) is 12.5 Å². The van der Waals surface area contributed by atoms with Crippen molar-refractivity contribution in [3.8, 4) is 0 Å². The van der Waals surface area contributed by atoms with Gasteiger partial charge in [-0.25, -0.2) is 4.39 Å². The predicted octanol–water partition coefficient (Wildman–Crippen LogP) is 1.06. The van der Waals surface area contributed by atoms with E-state index >= 15 is 0 Å².